The first-order valence-electron chi connectivity index (χ1n) is 6.46. The topological polar surface area (TPSA) is 43.8 Å². The van der Waals surface area contributed by atoms with Gasteiger partial charge in [-0.1, -0.05) is 6.42 Å². The maximum Gasteiger partial charge on any atom is 0.309 e. The van der Waals surface area contributed by atoms with Crippen LogP contribution in [0.3, 0.4) is 0 Å². The van der Waals surface area contributed by atoms with Gasteiger partial charge in [0.05, 0.1) is 5.92 Å². The van der Waals surface area contributed by atoms with E-state index in [0.717, 1.165) is 19.1 Å². The van der Waals surface area contributed by atoms with Gasteiger partial charge in [0, 0.05) is 31.7 Å². The van der Waals surface area contributed by atoms with E-state index >= 15 is 0 Å². The van der Waals surface area contributed by atoms with Crippen LogP contribution in [-0.4, -0.2) is 59.1 Å². The summed E-state index contributed by atoms with van der Waals surface area (Å²) in [5.41, 5.74) is 0. The van der Waals surface area contributed by atoms with Gasteiger partial charge in [0.1, 0.15) is 0 Å². The molecule has 3 fully saturated rings. The molecule has 0 bridgehead atoms. The first kappa shape index (κ1) is 10.5. The Labute approximate surface area is 96.2 Å². The van der Waals surface area contributed by atoms with Crippen molar-refractivity contribution in [3.8, 4) is 0 Å². The van der Waals surface area contributed by atoms with Crippen LogP contribution in [0.5, 0.6) is 0 Å². The lowest BCUT2D eigenvalue weighted by Gasteiger charge is -2.45. The van der Waals surface area contributed by atoms with Crippen molar-refractivity contribution in [1.29, 1.82) is 0 Å². The Bertz CT molecular complexity index is 289. The van der Waals surface area contributed by atoms with E-state index in [0.29, 0.717) is 6.04 Å². The van der Waals surface area contributed by atoms with Crippen LogP contribution in [0, 0.1) is 5.92 Å². The molecule has 2 unspecified atom stereocenters. The van der Waals surface area contributed by atoms with E-state index in [1.165, 1.54) is 38.8 Å². The van der Waals surface area contributed by atoms with Gasteiger partial charge in [-0.05, 0) is 25.8 Å². The Hall–Kier alpha value is -0.610. The van der Waals surface area contributed by atoms with E-state index < -0.39 is 5.97 Å². The molecule has 0 aliphatic carbocycles. The molecule has 1 N–H and O–H groups in total. The molecule has 3 heterocycles. The fourth-order valence-corrected chi connectivity index (χ4v) is 3.59. The zero-order valence-corrected chi connectivity index (χ0v) is 9.64. The number of carbonyl (C=O) groups is 1. The minimum Gasteiger partial charge on any atom is -0.481 e. The average molecular weight is 224 g/mol. The second kappa shape index (κ2) is 4.00. The number of aliphatic carboxylic acids is 1. The first-order chi connectivity index (χ1) is 7.75. The van der Waals surface area contributed by atoms with Crippen LogP contribution in [0.1, 0.15) is 25.7 Å². The summed E-state index contributed by atoms with van der Waals surface area (Å²) < 4.78 is 0. The highest BCUT2D eigenvalue weighted by molar-refractivity contribution is 5.71. The van der Waals surface area contributed by atoms with Crippen molar-refractivity contribution in [1.82, 2.24) is 9.80 Å². The smallest absolute Gasteiger partial charge is 0.309 e. The predicted octanol–water partition coefficient (Wildman–Crippen LogP) is 0.630. The molecule has 3 saturated heterocycles. The van der Waals surface area contributed by atoms with Gasteiger partial charge >= 0.3 is 5.97 Å². The van der Waals surface area contributed by atoms with Crippen LogP contribution in [0.25, 0.3) is 0 Å². The summed E-state index contributed by atoms with van der Waals surface area (Å²) in [4.78, 5) is 15.8. The third kappa shape index (κ3) is 1.64. The first-order valence-corrected chi connectivity index (χ1v) is 6.46. The Morgan fingerprint density at radius 2 is 1.75 bits per heavy atom. The van der Waals surface area contributed by atoms with E-state index in [4.69, 9.17) is 5.11 Å². The third-order valence-electron chi connectivity index (χ3n) is 4.55. The molecule has 0 saturated carbocycles. The molecule has 3 aliphatic rings. The molecule has 3 rings (SSSR count). The van der Waals surface area contributed by atoms with E-state index in [2.05, 4.69) is 9.80 Å². The molecule has 0 aromatic carbocycles. The zero-order chi connectivity index (χ0) is 11.1. The van der Waals surface area contributed by atoms with Crippen molar-refractivity contribution in [2.75, 3.05) is 26.2 Å². The van der Waals surface area contributed by atoms with Crippen LogP contribution in [0.4, 0.5) is 0 Å². The highest BCUT2D eigenvalue weighted by Crippen LogP contribution is 2.33. The SMILES string of the molecule is O=C(O)C1CN(C2CCN3CCCCC23)C1. The highest BCUT2D eigenvalue weighted by atomic mass is 16.4. The second-order valence-corrected chi connectivity index (χ2v) is 5.44. The van der Waals surface area contributed by atoms with E-state index in [1.54, 1.807) is 0 Å². The van der Waals surface area contributed by atoms with Gasteiger partial charge in [-0.25, -0.2) is 0 Å². The summed E-state index contributed by atoms with van der Waals surface area (Å²) >= 11 is 0. The number of hydrogen-bond donors (Lipinski definition) is 1. The minimum absolute atomic E-state index is 0.0994. The number of nitrogens with zero attached hydrogens (tertiary/aromatic N) is 2. The van der Waals surface area contributed by atoms with Crippen LogP contribution in [0.15, 0.2) is 0 Å². The summed E-state index contributed by atoms with van der Waals surface area (Å²) in [6.45, 7) is 4.05. The van der Waals surface area contributed by atoms with Crippen molar-refractivity contribution >= 4 is 5.97 Å². The summed E-state index contributed by atoms with van der Waals surface area (Å²) in [6, 6.07) is 1.37. The van der Waals surface area contributed by atoms with Gasteiger partial charge < -0.3 is 5.11 Å². The normalized spacial score (nSPS) is 37.0. The Balaban J connectivity index is 1.58. The lowest BCUT2D eigenvalue weighted by atomic mass is 9.92. The number of hydrogen-bond acceptors (Lipinski definition) is 3. The zero-order valence-electron chi connectivity index (χ0n) is 9.64. The molecular formula is C12H20N2O2. The maximum absolute atomic E-state index is 10.8. The van der Waals surface area contributed by atoms with Crippen molar-refractivity contribution in [3.63, 3.8) is 0 Å². The Morgan fingerprint density at radius 1 is 1.00 bits per heavy atom. The number of rotatable bonds is 2. The summed E-state index contributed by atoms with van der Waals surface area (Å²) in [5, 5.41) is 8.89. The van der Waals surface area contributed by atoms with Gasteiger partial charge in [-0.2, -0.15) is 0 Å². The lowest BCUT2D eigenvalue weighted by Crippen LogP contribution is -2.58. The van der Waals surface area contributed by atoms with Crippen molar-refractivity contribution in [3.05, 3.63) is 0 Å². The van der Waals surface area contributed by atoms with E-state index in [1.807, 2.05) is 0 Å². The standard InChI is InChI=1S/C12H20N2O2/c15-12(16)9-7-14(8-9)11-4-6-13-5-2-1-3-10(11)13/h9-11H,1-8H2,(H,15,16). The van der Waals surface area contributed by atoms with Crippen molar-refractivity contribution < 1.29 is 9.90 Å². The molecule has 2 atom stereocenters. The minimum atomic E-state index is -0.616. The summed E-state index contributed by atoms with van der Waals surface area (Å²) in [6.07, 6.45) is 5.27. The molecule has 0 amide bonds. The monoisotopic (exact) mass is 224 g/mol. The van der Waals surface area contributed by atoms with E-state index in [-0.39, 0.29) is 5.92 Å². The molecule has 3 aliphatic heterocycles. The van der Waals surface area contributed by atoms with Crippen molar-refractivity contribution in [2.45, 2.75) is 37.8 Å². The van der Waals surface area contributed by atoms with Gasteiger partial charge in [0.25, 0.3) is 0 Å². The largest absolute Gasteiger partial charge is 0.481 e. The molecule has 4 nitrogen and oxygen atoms in total. The molecule has 0 spiro atoms. The Morgan fingerprint density at radius 3 is 2.50 bits per heavy atom. The number of carboxylic acids is 1. The van der Waals surface area contributed by atoms with Crippen LogP contribution in [0.2, 0.25) is 0 Å². The summed E-state index contributed by atoms with van der Waals surface area (Å²) in [7, 11) is 0. The third-order valence-corrected chi connectivity index (χ3v) is 4.55. The molecule has 0 aromatic rings. The van der Waals surface area contributed by atoms with Crippen molar-refractivity contribution in [2.24, 2.45) is 5.92 Å². The van der Waals surface area contributed by atoms with Gasteiger partial charge in [0.15, 0.2) is 0 Å². The molecular weight excluding hydrogens is 204 g/mol. The second-order valence-electron chi connectivity index (χ2n) is 5.44. The van der Waals surface area contributed by atoms with E-state index in [9.17, 15) is 4.79 Å². The number of fused-ring (bicyclic) bond motifs is 1. The quantitative estimate of drug-likeness (QED) is 0.747. The van der Waals surface area contributed by atoms with Gasteiger partial charge in [-0.3, -0.25) is 14.6 Å². The highest BCUT2D eigenvalue weighted by Gasteiger charge is 2.44. The van der Waals surface area contributed by atoms with Crippen LogP contribution >= 0.6 is 0 Å². The molecule has 0 radical (unpaired) electrons. The maximum atomic E-state index is 10.8. The number of piperidine rings is 1. The van der Waals surface area contributed by atoms with Crippen LogP contribution in [-0.2, 0) is 4.79 Å². The Kier molecular flexibility index (Phi) is 2.64. The van der Waals surface area contributed by atoms with Gasteiger partial charge in [0.2, 0.25) is 0 Å². The predicted molar refractivity (Wildman–Crippen MR) is 60.3 cm³/mol. The molecule has 4 heteroatoms. The fourth-order valence-electron chi connectivity index (χ4n) is 3.59. The number of likely N-dealkylation sites (tertiary alicyclic amines) is 1. The average Bonchev–Trinajstić information content (AvgIpc) is 2.60. The fraction of sp³-hybridized carbons (Fsp3) is 0.917. The molecule has 16 heavy (non-hydrogen) atoms. The molecule has 90 valence electrons. The number of carboxylic acid groups (broad SMARTS) is 1. The van der Waals surface area contributed by atoms with Crippen LogP contribution < -0.4 is 0 Å². The molecule has 0 aromatic heterocycles. The van der Waals surface area contributed by atoms with Gasteiger partial charge in [-0.15, -0.1) is 0 Å². The summed E-state index contributed by atoms with van der Waals surface area (Å²) in [5.74, 6) is -0.715. The lowest BCUT2D eigenvalue weighted by molar-refractivity contribution is -0.149.